The zero-order valence-corrected chi connectivity index (χ0v) is 21.2. The van der Waals surface area contributed by atoms with Gasteiger partial charge in [-0.1, -0.05) is 103 Å². The Morgan fingerprint density at radius 3 is 1.97 bits per heavy atom. The van der Waals surface area contributed by atoms with Crippen LogP contribution in [0, 0.1) is 11.3 Å². The number of hydrogen-bond donors (Lipinski definition) is 0. The normalized spacial score (nSPS) is 17.4. The summed E-state index contributed by atoms with van der Waals surface area (Å²) in [6, 6.07) is 10.9. The van der Waals surface area contributed by atoms with Crippen LogP contribution >= 0.6 is 0 Å². The van der Waals surface area contributed by atoms with Crippen LogP contribution in [0.2, 0.25) is 0 Å². The Morgan fingerprint density at radius 2 is 1.39 bits per heavy atom. The van der Waals surface area contributed by atoms with Gasteiger partial charge in [-0.25, -0.2) is 0 Å². The standard InChI is InChI=1S/C30H50O/c1-5-30(4,27-20-12-7-13-21-27)25-17-9-15-23-28(31)22-14-8-16-24-29(2,3)26-18-10-6-11-19-26/h7,12-13,20-21,26H,5-6,8-11,14-19,22-25H2,1-4H3. The van der Waals surface area contributed by atoms with E-state index in [4.69, 9.17) is 0 Å². The molecule has 0 aliphatic heterocycles. The number of carbonyl (C=O) groups is 1. The lowest BCUT2D eigenvalue weighted by Crippen LogP contribution is -2.26. The van der Waals surface area contributed by atoms with Crippen molar-refractivity contribution in [3.8, 4) is 0 Å². The molecule has 0 aromatic heterocycles. The fraction of sp³-hybridized carbons (Fsp3) is 0.767. The Hall–Kier alpha value is -1.11. The Bertz CT molecular complexity index is 611. The van der Waals surface area contributed by atoms with E-state index in [2.05, 4.69) is 58.0 Å². The summed E-state index contributed by atoms with van der Waals surface area (Å²) in [5.41, 5.74) is 2.23. The molecule has 0 bridgehead atoms. The van der Waals surface area contributed by atoms with Crippen LogP contribution in [0.5, 0.6) is 0 Å². The molecule has 1 saturated carbocycles. The monoisotopic (exact) mass is 426 g/mol. The molecular formula is C30H50O. The number of rotatable bonds is 15. The Labute approximate surface area is 193 Å². The van der Waals surface area contributed by atoms with Crippen molar-refractivity contribution in [1.82, 2.24) is 0 Å². The molecule has 1 aromatic carbocycles. The van der Waals surface area contributed by atoms with E-state index in [0.29, 0.717) is 11.2 Å². The highest BCUT2D eigenvalue weighted by atomic mass is 16.1. The van der Waals surface area contributed by atoms with Gasteiger partial charge in [-0.3, -0.25) is 4.79 Å². The molecule has 1 nitrogen and oxygen atoms in total. The maximum Gasteiger partial charge on any atom is 0.132 e. The minimum atomic E-state index is 0.274. The lowest BCUT2D eigenvalue weighted by atomic mass is 9.69. The highest BCUT2D eigenvalue weighted by molar-refractivity contribution is 5.78. The lowest BCUT2D eigenvalue weighted by Gasteiger charge is -2.37. The summed E-state index contributed by atoms with van der Waals surface area (Å²) in [5.74, 6) is 1.42. The minimum Gasteiger partial charge on any atom is -0.300 e. The Morgan fingerprint density at radius 1 is 0.806 bits per heavy atom. The van der Waals surface area contributed by atoms with Gasteiger partial charge in [-0.05, 0) is 67.3 Å². The predicted molar refractivity (Wildman–Crippen MR) is 136 cm³/mol. The van der Waals surface area contributed by atoms with Gasteiger partial charge in [-0.2, -0.15) is 0 Å². The molecule has 2 rings (SSSR count). The molecule has 0 N–H and O–H groups in total. The highest BCUT2D eigenvalue weighted by Crippen LogP contribution is 2.41. The smallest absolute Gasteiger partial charge is 0.132 e. The van der Waals surface area contributed by atoms with Crippen molar-refractivity contribution < 1.29 is 4.79 Å². The number of unbranched alkanes of at least 4 members (excludes halogenated alkanes) is 4. The van der Waals surface area contributed by atoms with Crippen LogP contribution in [0.3, 0.4) is 0 Å². The Balaban J connectivity index is 1.52. The molecule has 0 heterocycles. The zero-order valence-electron chi connectivity index (χ0n) is 21.2. The van der Waals surface area contributed by atoms with Crippen LogP contribution in [0.4, 0.5) is 0 Å². The number of carbonyl (C=O) groups excluding carboxylic acids is 1. The molecule has 1 atom stereocenters. The van der Waals surface area contributed by atoms with Crippen LogP contribution in [-0.2, 0) is 10.2 Å². The molecule has 31 heavy (non-hydrogen) atoms. The molecule has 0 radical (unpaired) electrons. The third-order valence-corrected chi connectivity index (χ3v) is 8.42. The van der Waals surface area contributed by atoms with Crippen molar-refractivity contribution in [2.75, 3.05) is 0 Å². The van der Waals surface area contributed by atoms with Crippen molar-refractivity contribution in [2.45, 2.75) is 136 Å². The quantitative estimate of drug-likeness (QED) is 0.255. The first-order valence-electron chi connectivity index (χ1n) is 13.4. The first kappa shape index (κ1) is 26.1. The zero-order chi connectivity index (χ0) is 22.6. The van der Waals surface area contributed by atoms with Gasteiger partial charge in [0.15, 0.2) is 0 Å². The molecular weight excluding hydrogens is 376 g/mol. The van der Waals surface area contributed by atoms with Crippen LogP contribution in [0.1, 0.15) is 136 Å². The molecule has 1 aliphatic rings. The van der Waals surface area contributed by atoms with Crippen molar-refractivity contribution >= 4 is 5.78 Å². The fourth-order valence-electron chi connectivity index (χ4n) is 5.67. The third-order valence-electron chi connectivity index (χ3n) is 8.42. The summed E-state index contributed by atoms with van der Waals surface area (Å²) >= 11 is 0. The van der Waals surface area contributed by atoms with Gasteiger partial charge in [0.2, 0.25) is 0 Å². The Kier molecular flexibility index (Phi) is 11.3. The second-order valence-corrected chi connectivity index (χ2v) is 11.3. The summed E-state index contributed by atoms with van der Waals surface area (Å²) in [7, 11) is 0. The average molecular weight is 427 g/mol. The van der Waals surface area contributed by atoms with E-state index >= 15 is 0 Å². The maximum atomic E-state index is 12.3. The van der Waals surface area contributed by atoms with Crippen molar-refractivity contribution in [3.63, 3.8) is 0 Å². The molecule has 1 fully saturated rings. The molecule has 1 aromatic rings. The molecule has 0 saturated heterocycles. The van der Waals surface area contributed by atoms with E-state index < -0.39 is 0 Å². The topological polar surface area (TPSA) is 17.1 Å². The second-order valence-electron chi connectivity index (χ2n) is 11.3. The molecule has 0 spiro atoms. The van der Waals surface area contributed by atoms with Crippen LogP contribution < -0.4 is 0 Å². The number of Topliss-reactive ketones (excluding diaryl/α,β-unsaturated/α-hetero) is 1. The third kappa shape index (κ3) is 9.11. The second kappa shape index (κ2) is 13.4. The summed E-state index contributed by atoms with van der Waals surface area (Å²) in [6.45, 7) is 9.65. The van der Waals surface area contributed by atoms with Crippen molar-refractivity contribution in [3.05, 3.63) is 35.9 Å². The van der Waals surface area contributed by atoms with Crippen LogP contribution in [0.15, 0.2) is 30.3 Å². The summed E-state index contributed by atoms with van der Waals surface area (Å²) in [4.78, 5) is 12.3. The van der Waals surface area contributed by atoms with Gasteiger partial charge in [0.1, 0.15) is 5.78 Å². The van der Waals surface area contributed by atoms with Gasteiger partial charge in [0, 0.05) is 12.8 Å². The molecule has 1 aliphatic carbocycles. The fourth-order valence-corrected chi connectivity index (χ4v) is 5.67. The van der Waals surface area contributed by atoms with E-state index in [1.807, 2.05) is 0 Å². The van der Waals surface area contributed by atoms with Gasteiger partial charge >= 0.3 is 0 Å². The van der Waals surface area contributed by atoms with E-state index in [1.165, 1.54) is 82.6 Å². The first-order valence-corrected chi connectivity index (χ1v) is 13.4. The minimum absolute atomic E-state index is 0.274. The van der Waals surface area contributed by atoms with Crippen molar-refractivity contribution in [2.24, 2.45) is 11.3 Å². The maximum absolute atomic E-state index is 12.3. The molecule has 176 valence electrons. The van der Waals surface area contributed by atoms with E-state index in [1.54, 1.807) is 0 Å². The molecule has 0 amide bonds. The van der Waals surface area contributed by atoms with Gasteiger partial charge < -0.3 is 0 Å². The van der Waals surface area contributed by atoms with Gasteiger partial charge in [0.05, 0.1) is 0 Å². The average Bonchev–Trinajstić information content (AvgIpc) is 2.79. The van der Waals surface area contributed by atoms with E-state index in [-0.39, 0.29) is 5.41 Å². The number of ketones is 1. The summed E-state index contributed by atoms with van der Waals surface area (Å²) in [6.07, 6.45) is 19.6. The summed E-state index contributed by atoms with van der Waals surface area (Å²) in [5, 5.41) is 0. The highest BCUT2D eigenvalue weighted by Gasteiger charge is 2.29. The van der Waals surface area contributed by atoms with Crippen LogP contribution in [-0.4, -0.2) is 5.78 Å². The van der Waals surface area contributed by atoms with Crippen molar-refractivity contribution in [1.29, 1.82) is 0 Å². The largest absolute Gasteiger partial charge is 0.300 e. The van der Waals surface area contributed by atoms with E-state index in [9.17, 15) is 4.79 Å². The lowest BCUT2D eigenvalue weighted by molar-refractivity contribution is -0.119. The van der Waals surface area contributed by atoms with Gasteiger partial charge in [-0.15, -0.1) is 0 Å². The SMILES string of the molecule is CCC(C)(CCCCCC(=O)CCCCCC(C)(C)C1CCCCC1)c1ccccc1. The molecule has 1 unspecified atom stereocenters. The number of benzene rings is 1. The van der Waals surface area contributed by atoms with E-state index in [0.717, 1.165) is 31.6 Å². The number of hydrogen-bond acceptors (Lipinski definition) is 1. The first-order chi connectivity index (χ1) is 14.9. The summed E-state index contributed by atoms with van der Waals surface area (Å²) < 4.78 is 0. The van der Waals surface area contributed by atoms with Crippen LogP contribution in [0.25, 0.3) is 0 Å². The molecule has 1 heteroatoms. The predicted octanol–water partition coefficient (Wildman–Crippen LogP) is 9.43. The van der Waals surface area contributed by atoms with Gasteiger partial charge in [0.25, 0.3) is 0 Å².